The van der Waals surface area contributed by atoms with E-state index in [0.29, 0.717) is 16.6 Å². The molecule has 29 heavy (non-hydrogen) atoms. The molecule has 0 aliphatic heterocycles. The molecule has 0 atom stereocenters. The van der Waals surface area contributed by atoms with Crippen molar-refractivity contribution < 1.29 is 23.9 Å². The number of aromatic nitrogens is 2. The number of rotatable bonds is 8. The smallest absolute Gasteiger partial charge is 0.325 e. The largest absolute Gasteiger partial charge is 0.468 e. The molecule has 0 radical (unpaired) electrons. The van der Waals surface area contributed by atoms with Gasteiger partial charge in [0.15, 0.2) is 11.7 Å². The highest BCUT2D eigenvalue weighted by Crippen LogP contribution is 2.26. The molecule has 1 aromatic heterocycles. The summed E-state index contributed by atoms with van der Waals surface area (Å²) in [6.45, 7) is 3.93. The van der Waals surface area contributed by atoms with E-state index in [1.807, 2.05) is 13.8 Å². The van der Waals surface area contributed by atoms with Crippen LogP contribution in [0.1, 0.15) is 26.7 Å². The van der Waals surface area contributed by atoms with Crippen molar-refractivity contribution >= 4 is 46.5 Å². The molecular weight excluding hydrogens is 376 g/mol. The van der Waals surface area contributed by atoms with Gasteiger partial charge in [-0.1, -0.05) is 13.8 Å². The van der Waals surface area contributed by atoms with Crippen LogP contribution in [0.15, 0.2) is 29.5 Å². The summed E-state index contributed by atoms with van der Waals surface area (Å²) < 4.78 is 9.21. The van der Waals surface area contributed by atoms with Crippen molar-refractivity contribution in [3.05, 3.63) is 24.5 Å². The number of hydrogen-bond acceptors (Lipinski definition) is 8. The standard InChI is InChI=1S/C20H24N4O5/c1-5-12(6-2)18(25)24-13-7-8-16-14(9-13)17(23-11-22-16)21-10-15(19(26)28-3)20(27)29-4/h7-12,15H,5-6H2,1-4H3,(H,24,25). The number of benzene rings is 1. The van der Waals surface area contributed by atoms with Crippen LogP contribution in [0.4, 0.5) is 11.5 Å². The fourth-order valence-electron chi connectivity index (χ4n) is 2.74. The maximum absolute atomic E-state index is 12.4. The number of anilines is 1. The van der Waals surface area contributed by atoms with E-state index in [-0.39, 0.29) is 17.6 Å². The highest BCUT2D eigenvalue weighted by atomic mass is 16.5. The molecule has 0 aliphatic rings. The van der Waals surface area contributed by atoms with Crippen molar-refractivity contribution in [1.82, 2.24) is 9.97 Å². The van der Waals surface area contributed by atoms with Gasteiger partial charge in [-0.25, -0.2) is 15.0 Å². The van der Waals surface area contributed by atoms with E-state index in [9.17, 15) is 14.4 Å². The van der Waals surface area contributed by atoms with Crippen molar-refractivity contribution in [2.24, 2.45) is 16.8 Å². The van der Waals surface area contributed by atoms with Gasteiger partial charge in [0.1, 0.15) is 6.33 Å². The van der Waals surface area contributed by atoms with Crippen LogP contribution in [0.3, 0.4) is 0 Å². The van der Waals surface area contributed by atoms with Crippen LogP contribution in [0.25, 0.3) is 10.9 Å². The predicted molar refractivity (Wildman–Crippen MR) is 108 cm³/mol. The molecule has 0 fully saturated rings. The number of amides is 1. The molecule has 2 aromatic rings. The van der Waals surface area contributed by atoms with Crippen LogP contribution in [-0.4, -0.2) is 48.2 Å². The lowest BCUT2D eigenvalue weighted by Crippen LogP contribution is -2.27. The van der Waals surface area contributed by atoms with Gasteiger partial charge in [-0.15, -0.1) is 0 Å². The number of hydrogen-bond donors (Lipinski definition) is 1. The monoisotopic (exact) mass is 400 g/mol. The molecule has 0 bridgehead atoms. The average molecular weight is 400 g/mol. The molecule has 9 heteroatoms. The van der Waals surface area contributed by atoms with E-state index in [4.69, 9.17) is 0 Å². The molecule has 0 aliphatic carbocycles. The Morgan fingerprint density at radius 1 is 1.10 bits per heavy atom. The minimum atomic E-state index is -1.31. The molecule has 1 amide bonds. The van der Waals surface area contributed by atoms with Gasteiger partial charge >= 0.3 is 11.9 Å². The van der Waals surface area contributed by atoms with Gasteiger partial charge < -0.3 is 14.8 Å². The molecular formula is C20H24N4O5. The molecule has 9 nitrogen and oxygen atoms in total. The van der Waals surface area contributed by atoms with Crippen LogP contribution in [0.5, 0.6) is 0 Å². The topological polar surface area (TPSA) is 120 Å². The van der Waals surface area contributed by atoms with Gasteiger partial charge in [-0.2, -0.15) is 0 Å². The van der Waals surface area contributed by atoms with Crippen LogP contribution in [0, 0.1) is 11.8 Å². The van der Waals surface area contributed by atoms with Crippen molar-refractivity contribution in [1.29, 1.82) is 0 Å². The van der Waals surface area contributed by atoms with Gasteiger partial charge in [-0.05, 0) is 31.0 Å². The lowest BCUT2D eigenvalue weighted by Gasteiger charge is -2.13. The van der Waals surface area contributed by atoms with E-state index in [0.717, 1.165) is 19.1 Å². The Morgan fingerprint density at radius 3 is 2.34 bits per heavy atom. The fraction of sp³-hybridized carbons (Fsp3) is 0.400. The average Bonchev–Trinajstić information content (AvgIpc) is 2.74. The summed E-state index contributed by atoms with van der Waals surface area (Å²) in [7, 11) is 2.34. The van der Waals surface area contributed by atoms with Gasteiger partial charge in [0, 0.05) is 23.2 Å². The first-order chi connectivity index (χ1) is 13.9. The fourth-order valence-corrected chi connectivity index (χ4v) is 2.74. The second-order valence-corrected chi connectivity index (χ2v) is 6.23. The van der Waals surface area contributed by atoms with E-state index < -0.39 is 17.9 Å². The Hall–Kier alpha value is -3.36. The van der Waals surface area contributed by atoms with E-state index in [1.54, 1.807) is 18.2 Å². The molecule has 154 valence electrons. The number of aliphatic imine (C=N–C) groups is 1. The minimum Gasteiger partial charge on any atom is -0.468 e. The summed E-state index contributed by atoms with van der Waals surface area (Å²) in [5.41, 5.74) is 1.18. The zero-order valence-electron chi connectivity index (χ0n) is 16.8. The molecule has 1 heterocycles. The van der Waals surface area contributed by atoms with E-state index in [2.05, 4.69) is 29.8 Å². The number of carbonyl (C=O) groups excluding carboxylic acids is 3. The number of nitrogens with one attached hydrogen (secondary N) is 1. The highest BCUT2D eigenvalue weighted by Gasteiger charge is 2.26. The summed E-state index contributed by atoms with van der Waals surface area (Å²) in [6, 6.07) is 5.18. The van der Waals surface area contributed by atoms with Crippen LogP contribution >= 0.6 is 0 Å². The first-order valence-electron chi connectivity index (χ1n) is 9.20. The van der Waals surface area contributed by atoms with Crippen LogP contribution in [-0.2, 0) is 23.9 Å². The molecule has 0 spiro atoms. The maximum atomic E-state index is 12.4. The SMILES string of the molecule is CCC(CC)C(=O)Nc1ccc2ncnc(N=CC(C(=O)OC)C(=O)OC)c2c1. The zero-order valence-corrected chi connectivity index (χ0v) is 16.8. The third-order valence-electron chi connectivity index (χ3n) is 4.49. The van der Waals surface area contributed by atoms with Crippen LogP contribution in [0.2, 0.25) is 0 Å². The number of methoxy groups -OCH3 is 2. The van der Waals surface area contributed by atoms with Crippen molar-refractivity contribution in [2.75, 3.05) is 19.5 Å². The number of carbonyl (C=O) groups is 3. The normalized spacial score (nSPS) is 11.2. The Bertz CT molecular complexity index is 908. The molecule has 1 aromatic carbocycles. The van der Waals surface area contributed by atoms with Crippen LogP contribution < -0.4 is 5.32 Å². The third-order valence-corrected chi connectivity index (χ3v) is 4.49. The highest BCUT2D eigenvalue weighted by molar-refractivity contribution is 6.10. The number of nitrogens with zero attached hydrogens (tertiary/aromatic N) is 3. The number of ether oxygens (including phenoxy) is 2. The Kier molecular flexibility index (Phi) is 7.76. The maximum Gasteiger partial charge on any atom is 0.325 e. The molecule has 2 rings (SSSR count). The lowest BCUT2D eigenvalue weighted by atomic mass is 10.0. The van der Waals surface area contributed by atoms with Gasteiger partial charge in [0.05, 0.1) is 19.7 Å². The molecule has 1 N–H and O–H groups in total. The van der Waals surface area contributed by atoms with Crippen molar-refractivity contribution in [3.8, 4) is 0 Å². The Balaban J connectivity index is 2.37. The van der Waals surface area contributed by atoms with E-state index >= 15 is 0 Å². The van der Waals surface area contributed by atoms with Crippen molar-refractivity contribution in [2.45, 2.75) is 26.7 Å². The number of fused-ring (bicyclic) bond motifs is 1. The quantitative estimate of drug-likeness (QED) is 0.411. The summed E-state index contributed by atoms with van der Waals surface area (Å²) in [5.74, 6) is -2.79. The van der Waals surface area contributed by atoms with Gasteiger partial charge in [0.2, 0.25) is 5.91 Å². The molecule has 0 unspecified atom stereocenters. The summed E-state index contributed by atoms with van der Waals surface area (Å²) in [5, 5.41) is 3.44. The summed E-state index contributed by atoms with van der Waals surface area (Å²) >= 11 is 0. The first kappa shape index (κ1) is 21.9. The lowest BCUT2D eigenvalue weighted by molar-refractivity contribution is -0.154. The van der Waals surface area contributed by atoms with Gasteiger partial charge in [0.25, 0.3) is 0 Å². The second kappa shape index (κ2) is 10.3. The summed E-state index contributed by atoms with van der Waals surface area (Å²) in [4.78, 5) is 48.4. The Labute approximate surface area is 168 Å². The predicted octanol–water partition coefficient (Wildman–Crippen LogP) is 2.67. The second-order valence-electron chi connectivity index (χ2n) is 6.23. The summed E-state index contributed by atoms with van der Waals surface area (Å²) in [6.07, 6.45) is 3.94. The molecule has 0 saturated heterocycles. The van der Waals surface area contributed by atoms with E-state index in [1.165, 1.54) is 20.5 Å². The first-order valence-corrected chi connectivity index (χ1v) is 9.20. The minimum absolute atomic E-state index is 0.0623. The van der Waals surface area contributed by atoms with Crippen molar-refractivity contribution in [3.63, 3.8) is 0 Å². The van der Waals surface area contributed by atoms with Gasteiger partial charge in [-0.3, -0.25) is 14.4 Å². The third kappa shape index (κ3) is 5.34. The Morgan fingerprint density at radius 2 is 1.76 bits per heavy atom. The zero-order chi connectivity index (χ0) is 21.4. The number of esters is 2. The molecule has 0 saturated carbocycles.